The Kier molecular flexibility index (Phi) is 7.09. The zero-order valence-corrected chi connectivity index (χ0v) is 25.4. The molecule has 1 saturated carbocycles. The maximum absolute atomic E-state index is 14.2. The maximum Gasteiger partial charge on any atom is 0.307 e. The highest BCUT2D eigenvalue weighted by Crippen LogP contribution is 2.68. The molecule has 0 N–H and O–H groups in total. The van der Waals surface area contributed by atoms with Crippen LogP contribution in [-0.4, -0.2) is 63.2 Å². The van der Waals surface area contributed by atoms with Crippen molar-refractivity contribution in [3.05, 3.63) is 71.8 Å². The molecule has 1 aliphatic carbocycles. The molecular weight excluding hydrogens is 548 g/mol. The van der Waals surface area contributed by atoms with E-state index in [4.69, 9.17) is 4.74 Å². The van der Waals surface area contributed by atoms with E-state index in [1.165, 1.54) is 8.61 Å². The Morgan fingerprint density at radius 1 is 0.925 bits per heavy atom. The minimum absolute atomic E-state index is 0.0603. The Balaban J connectivity index is 1.63. The molecule has 5 rings (SSSR count). The average Bonchev–Trinajstić information content (AvgIpc) is 3.44. The van der Waals surface area contributed by atoms with Gasteiger partial charge < -0.3 is 4.74 Å². The van der Waals surface area contributed by atoms with Crippen molar-refractivity contribution in [2.75, 3.05) is 19.7 Å². The van der Waals surface area contributed by atoms with Crippen LogP contribution in [0.5, 0.6) is 0 Å². The number of rotatable bonds is 7. The standard InChI is InChI=1S/C30H38N2O6S2/c1-7-38-27(33)16-25-28-29(5,6)17-26-30(28,19-32(25)40(36,37)24-14-10-21(3)11-15-24)22(4)18-31(26)39(34,35)23-12-8-20(2)9-13-23/h8-15,25-26,28H,4,7,16-19H2,1-3,5-6H3/t25-,26-,28-,30-/m0/s1. The normalized spacial score (nSPS) is 28.4. The second-order valence-electron chi connectivity index (χ2n) is 12.1. The number of carbonyl (C=O) groups is 1. The van der Waals surface area contributed by atoms with Gasteiger partial charge in [0.2, 0.25) is 20.0 Å². The molecule has 3 fully saturated rings. The number of aryl methyl sites for hydroxylation is 2. The molecule has 0 amide bonds. The zero-order valence-electron chi connectivity index (χ0n) is 23.8. The van der Waals surface area contributed by atoms with Gasteiger partial charge in [-0.1, -0.05) is 61.4 Å². The van der Waals surface area contributed by atoms with Crippen molar-refractivity contribution < 1.29 is 26.4 Å². The van der Waals surface area contributed by atoms with Crippen molar-refractivity contribution in [2.45, 2.75) is 69.3 Å². The van der Waals surface area contributed by atoms with E-state index in [2.05, 4.69) is 6.58 Å². The lowest BCUT2D eigenvalue weighted by Gasteiger charge is -2.37. The van der Waals surface area contributed by atoms with Crippen LogP contribution in [0, 0.1) is 30.6 Å². The van der Waals surface area contributed by atoms with Gasteiger partial charge in [-0.3, -0.25) is 4.79 Å². The molecular formula is C30H38N2O6S2. The van der Waals surface area contributed by atoms with Crippen molar-refractivity contribution in [2.24, 2.45) is 16.7 Å². The number of sulfonamides is 2. The number of benzene rings is 2. The SMILES string of the molecule is C=C1CN(S(=O)(=O)c2ccc(C)cc2)[C@H]2CC(C)(C)[C@@H]3[C@H](CC(=O)OCC)N(S(=O)(=O)c4ccc(C)cc4)C[C@]123. The van der Waals surface area contributed by atoms with Crippen molar-refractivity contribution in [3.63, 3.8) is 0 Å². The third kappa shape index (κ3) is 4.35. The largest absolute Gasteiger partial charge is 0.466 e. The zero-order chi connectivity index (χ0) is 29.3. The van der Waals surface area contributed by atoms with Crippen LogP contribution in [-0.2, 0) is 29.6 Å². The molecule has 2 heterocycles. The van der Waals surface area contributed by atoms with E-state index in [-0.39, 0.29) is 41.8 Å². The molecule has 10 heteroatoms. The van der Waals surface area contributed by atoms with E-state index in [0.717, 1.165) is 11.1 Å². The molecule has 8 nitrogen and oxygen atoms in total. The average molecular weight is 587 g/mol. The summed E-state index contributed by atoms with van der Waals surface area (Å²) in [5.74, 6) is -0.805. The van der Waals surface area contributed by atoms with Crippen LogP contribution in [0.4, 0.5) is 0 Å². The molecule has 2 aliphatic heterocycles. The van der Waals surface area contributed by atoms with Gasteiger partial charge in [0.25, 0.3) is 0 Å². The number of nitrogens with zero attached hydrogens (tertiary/aromatic N) is 2. The lowest BCUT2D eigenvalue weighted by Crippen LogP contribution is -2.44. The number of ether oxygens (including phenoxy) is 1. The third-order valence-electron chi connectivity index (χ3n) is 9.17. The molecule has 0 unspecified atom stereocenters. The van der Waals surface area contributed by atoms with Crippen molar-refractivity contribution in [1.82, 2.24) is 8.61 Å². The highest BCUT2D eigenvalue weighted by atomic mass is 32.2. The van der Waals surface area contributed by atoms with E-state index < -0.39 is 48.9 Å². The number of carbonyl (C=O) groups excluding carboxylic acids is 1. The van der Waals surface area contributed by atoms with Gasteiger partial charge in [-0.05, 0) is 62.8 Å². The van der Waals surface area contributed by atoms with Gasteiger partial charge in [-0.25, -0.2) is 16.8 Å². The van der Waals surface area contributed by atoms with Crippen LogP contribution in [0.2, 0.25) is 0 Å². The third-order valence-corrected chi connectivity index (χ3v) is 12.9. The van der Waals surface area contributed by atoms with Crippen LogP contribution in [0.1, 0.15) is 44.7 Å². The predicted octanol–water partition coefficient (Wildman–Crippen LogP) is 4.29. The number of esters is 1. The summed E-state index contributed by atoms with van der Waals surface area (Å²) in [5.41, 5.74) is 1.26. The molecule has 0 radical (unpaired) electrons. The first-order chi connectivity index (χ1) is 18.7. The lowest BCUT2D eigenvalue weighted by atomic mass is 9.66. The van der Waals surface area contributed by atoms with Gasteiger partial charge in [-0.15, -0.1) is 0 Å². The second-order valence-corrected chi connectivity index (χ2v) is 15.9. The van der Waals surface area contributed by atoms with Gasteiger partial charge >= 0.3 is 5.97 Å². The number of hydrogen-bond donors (Lipinski definition) is 0. The van der Waals surface area contributed by atoms with E-state index in [0.29, 0.717) is 12.0 Å². The summed E-state index contributed by atoms with van der Waals surface area (Å²) in [6.07, 6.45) is 0.416. The lowest BCUT2D eigenvalue weighted by molar-refractivity contribution is -0.144. The van der Waals surface area contributed by atoms with Crippen molar-refractivity contribution in [3.8, 4) is 0 Å². The van der Waals surface area contributed by atoms with E-state index >= 15 is 0 Å². The molecule has 216 valence electrons. The minimum Gasteiger partial charge on any atom is -0.466 e. The first-order valence-corrected chi connectivity index (χ1v) is 16.5. The number of hydrogen-bond acceptors (Lipinski definition) is 6. The second kappa shape index (κ2) is 9.79. The topological polar surface area (TPSA) is 101 Å². The van der Waals surface area contributed by atoms with Gasteiger partial charge in [0, 0.05) is 30.6 Å². The minimum atomic E-state index is -4.02. The Morgan fingerprint density at radius 3 is 1.93 bits per heavy atom. The van der Waals surface area contributed by atoms with Crippen molar-refractivity contribution >= 4 is 26.0 Å². The molecule has 2 saturated heterocycles. The fourth-order valence-electron chi connectivity index (χ4n) is 7.51. The summed E-state index contributed by atoms with van der Waals surface area (Å²) in [7, 11) is -7.90. The van der Waals surface area contributed by atoms with Crippen LogP contribution < -0.4 is 0 Å². The summed E-state index contributed by atoms with van der Waals surface area (Å²) < 4.78 is 64.6. The van der Waals surface area contributed by atoms with E-state index in [1.54, 1.807) is 55.5 Å². The predicted molar refractivity (Wildman–Crippen MR) is 152 cm³/mol. The molecule has 40 heavy (non-hydrogen) atoms. The quantitative estimate of drug-likeness (QED) is 0.354. The highest BCUT2D eigenvalue weighted by Gasteiger charge is 2.73. The molecule has 1 spiro atoms. The van der Waals surface area contributed by atoms with Gasteiger partial charge in [0.05, 0.1) is 22.8 Å². The molecule has 2 aromatic carbocycles. The summed E-state index contributed by atoms with van der Waals surface area (Å²) in [5, 5.41) is 0. The maximum atomic E-state index is 14.2. The first-order valence-electron chi connectivity index (χ1n) is 13.7. The highest BCUT2D eigenvalue weighted by molar-refractivity contribution is 7.89. The van der Waals surface area contributed by atoms with E-state index in [1.807, 2.05) is 27.7 Å². The summed E-state index contributed by atoms with van der Waals surface area (Å²) in [4.78, 5) is 13.2. The van der Waals surface area contributed by atoms with Crippen LogP contribution in [0.15, 0.2) is 70.5 Å². The fraction of sp³-hybridized carbons (Fsp3) is 0.500. The summed E-state index contributed by atoms with van der Waals surface area (Å²) in [6.45, 7) is 14.3. The molecule has 0 aromatic heterocycles. The van der Waals surface area contributed by atoms with Gasteiger partial charge in [-0.2, -0.15) is 8.61 Å². The van der Waals surface area contributed by atoms with Gasteiger partial charge in [0.1, 0.15) is 0 Å². The Morgan fingerprint density at radius 2 is 1.43 bits per heavy atom. The van der Waals surface area contributed by atoms with Crippen LogP contribution in [0.25, 0.3) is 0 Å². The summed E-state index contributed by atoms with van der Waals surface area (Å²) >= 11 is 0. The first kappa shape index (κ1) is 29.0. The monoisotopic (exact) mass is 586 g/mol. The van der Waals surface area contributed by atoms with Crippen LogP contribution >= 0.6 is 0 Å². The Labute approximate surface area is 238 Å². The van der Waals surface area contributed by atoms with E-state index in [9.17, 15) is 21.6 Å². The van der Waals surface area contributed by atoms with Crippen LogP contribution in [0.3, 0.4) is 0 Å². The Hall–Kier alpha value is -2.53. The van der Waals surface area contributed by atoms with Gasteiger partial charge in [0.15, 0.2) is 0 Å². The molecule has 0 bridgehead atoms. The Bertz CT molecular complexity index is 1550. The molecule has 4 atom stereocenters. The molecule has 2 aromatic rings. The molecule has 3 aliphatic rings. The van der Waals surface area contributed by atoms with Crippen molar-refractivity contribution in [1.29, 1.82) is 0 Å². The summed E-state index contributed by atoms with van der Waals surface area (Å²) in [6, 6.07) is 12.2. The smallest absolute Gasteiger partial charge is 0.307 e. The fourth-order valence-corrected chi connectivity index (χ4v) is 10.9.